The predicted octanol–water partition coefficient (Wildman–Crippen LogP) is 2.96. The van der Waals surface area contributed by atoms with Gasteiger partial charge in [-0.2, -0.15) is 0 Å². The van der Waals surface area contributed by atoms with Crippen molar-refractivity contribution in [1.82, 2.24) is 4.90 Å². The Morgan fingerprint density at radius 2 is 2.13 bits per heavy atom. The van der Waals surface area contributed by atoms with Crippen LogP contribution in [0, 0.1) is 0 Å². The number of rotatable bonds is 4. The smallest absolute Gasteiger partial charge is 0.225 e. The number of carbonyl (C=O) groups excluding carboxylic acids is 1. The third kappa shape index (κ3) is 3.93. The molecule has 1 aliphatic heterocycles. The average Bonchev–Trinajstić information content (AvgIpc) is 3.10. The number of aliphatic hydroxyl groups excluding tert-OH is 1. The Morgan fingerprint density at radius 1 is 1.35 bits per heavy atom. The van der Waals surface area contributed by atoms with Crippen LogP contribution >= 0.6 is 11.6 Å². The lowest BCUT2D eigenvalue weighted by molar-refractivity contribution is -0.141. The van der Waals surface area contributed by atoms with E-state index >= 15 is 0 Å². The zero-order valence-corrected chi connectivity index (χ0v) is 13.3. The highest BCUT2D eigenvalue weighted by molar-refractivity contribution is 6.30. The van der Waals surface area contributed by atoms with Crippen molar-refractivity contribution < 1.29 is 19.1 Å². The van der Waals surface area contributed by atoms with E-state index in [1.165, 1.54) is 0 Å². The fourth-order valence-electron chi connectivity index (χ4n) is 2.62. The lowest BCUT2D eigenvalue weighted by Gasteiger charge is -2.32. The SMILES string of the molecule is O=C(CC(O)c1ccc(Cl)cc1)N1CCOC(c2ccco2)C1. The van der Waals surface area contributed by atoms with Crippen molar-refractivity contribution in [2.75, 3.05) is 19.7 Å². The number of ether oxygens (including phenoxy) is 1. The molecule has 1 saturated heterocycles. The molecule has 6 heteroatoms. The highest BCUT2D eigenvalue weighted by atomic mass is 35.5. The summed E-state index contributed by atoms with van der Waals surface area (Å²) < 4.78 is 11.0. The van der Waals surface area contributed by atoms with E-state index < -0.39 is 6.10 Å². The first-order valence-electron chi connectivity index (χ1n) is 7.50. The van der Waals surface area contributed by atoms with Gasteiger partial charge in [0.1, 0.15) is 11.9 Å². The van der Waals surface area contributed by atoms with Crippen LogP contribution in [0.3, 0.4) is 0 Å². The first-order chi connectivity index (χ1) is 11.1. The Bertz CT molecular complexity index is 641. The van der Waals surface area contributed by atoms with Crippen molar-refractivity contribution in [3.8, 4) is 0 Å². The number of aliphatic hydroxyl groups is 1. The maximum atomic E-state index is 12.4. The van der Waals surface area contributed by atoms with Crippen molar-refractivity contribution in [3.05, 3.63) is 59.0 Å². The van der Waals surface area contributed by atoms with E-state index in [2.05, 4.69) is 0 Å². The number of benzene rings is 1. The molecular weight excluding hydrogens is 318 g/mol. The Morgan fingerprint density at radius 3 is 2.83 bits per heavy atom. The Labute approximate surface area is 139 Å². The van der Waals surface area contributed by atoms with Crippen molar-refractivity contribution in [3.63, 3.8) is 0 Å². The molecule has 1 N–H and O–H groups in total. The summed E-state index contributed by atoms with van der Waals surface area (Å²) in [7, 11) is 0. The summed E-state index contributed by atoms with van der Waals surface area (Å²) in [6.07, 6.45) is 0.524. The van der Waals surface area contributed by atoms with Crippen LogP contribution in [-0.2, 0) is 9.53 Å². The number of halogens is 1. The van der Waals surface area contributed by atoms with E-state index in [0.717, 1.165) is 0 Å². The van der Waals surface area contributed by atoms with Gasteiger partial charge < -0.3 is 19.2 Å². The molecule has 1 amide bonds. The molecule has 0 saturated carbocycles. The lowest BCUT2D eigenvalue weighted by atomic mass is 10.1. The second-order valence-electron chi connectivity index (χ2n) is 5.49. The van der Waals surface area contributed by atoms with Crippen LogP contribution in [0.4, 0.5) is 0 Å². The lowest BCUT2D eigenvalue weighted by Crippen LogP contribution is -2.42. The van der Waals surface area contributed by atoms with E-state index in [1.54, 1.807) is 41.5 Å². The fraction of sp³-hybridized carbons (Fsp3) is 0.353. The van der Waals surface area contributed by atoms with E-state index in [4.69, 9.17) is 20.8 Å². The van der Waals surface area contributed by atoms with E-state index in [9.17, 15) is 9.90 Å². The first-order valence-corrected chi connectivity index (χ1v) is 7.87. The van der Waals surface area contributed by atoms with E-state index in [-0.39, 0.29) is 18.4 Å². The second-order valence-corrected chi connectivity index (χ2v) is 5.92. The largest absolute Gasteiger partial charge is 0.467 e. The average molecular weight is 336 g/mol. The summed E-state index contributed by atoms with van der Waals surface area (Å²) in [5.41, 5.74) is 0.679. The van der Waals surface area contributed by atoms with Gasteiger partial charge >= 0.3 is 0 Å². The first kappa shape index (κ1) is 16.1. The molecule has 122 valence electrons. The molecule has 1 fully saturated rings. The summed E-state index contributed by atoms with van der Waals surface area (Å²) >= 11 is 5.83. The topological polar surface area (TPSA) is 62.9 Å². The van der Waals surface area contributed by atoms with Crippen molar-refractivity contribution in [1.29, 1.82) is 0 Å². The van der Waals surface area contributed by atoms with Crippen LogP contribution < -0.4 is 0 Å². The fourth-order valence-corrected chi connectivity index (χ4v) is 2.75. The van der Waals surface area contributed by atoms with Gasteiger partial charge in [0.05, 0.1) is 31.9 Å². The predicted molar refractivity (Wildman–Crippen MR) is 85.0 cm³/mol. The van der Waals surface area contributed by atoms with Crippen LogP contribution in [0.15, 0.2) is 47.1 Å². The molecule has 1 aromatic carbocycles. The van der Waals surface area contributed by atoms with Crippen LogP contribution in [0.25, 0.3) is 0 Å². The molecular formula is C17H18ClNO4. The number of amides is 1. The minimum atomic E-state index is -0.843. The maximum absolute atomic E-state index is 12.4. The number of hydrogen-bond donors (Lipinski definition) is 1. The zero-order valence-electron chi connectivity index (χ0n) is 12.5. The van der Waals surface area contributed by atoms with Crippen LogP contribution in [0.2, 0.25) is 5.02 Å². The molecule has 5 nitrogen and oxygen atoms in total. The third-order valence-corrected chi connectivity index (χ3v) is 4.15. The third-order valence-electron chi connectivity index (χ3n) is 3.90. The van der Waals surface area contributed by atoms with Gasteiger partial charge in [-0.3, -0.25) is 4.79 Å². The molecule has 2 aromatic rings. The number of morpholine rings is 1. The summed E-state index contributed by atoms with van der Waals surface area (Å²) in [6, 6.07) is 10.5. The molecule has 0 spiro atoms. The molecule has 0 aliphatic carbocycles. The minimum Gasteiger partial charge on any atom is -0.467 e. The van der Waals surface area contributed by atoms with Gasteiger partial charge in [0.25, 0.3) is 0 Å². The zero-order chi connectivity index (χ0) is 16.2. The van der Waals surface area contributed by atoms with Gasteiger partial charge in [0, 0.05) is 11.6 Å². The maximum Gasteiger partial charge on any atom is 0.225 e. The van der Waals surface area contributed by atoms with Gasteiger partial charge in [-0.15, -0.1) is 0 Å². The van der Waals surface area contributed by atoms with Crippen LogP contribution in [-0.4, -0.2) is 35.6 Å². The van der Waals surface area contributed by atoms with E-state index in [0.29, 0.717) is 36.0 Å². The number of carbonyl (C=O) groups is 1. The Balaban J connectivity index is 1.60. The van der Waals surface area contributed by atoms with Gasteiger partial charge in [-0.05, 0) is 29.8 Å². The molecule has 1 aliphatic rings. The summed E-state index contributed by atoms with van der Waals surface area (Å²) in [5, 5.41) is 10.8. The molecule has 0 radical (unpaired) electrons. The van der Waals surface area contributed by atoms with E-state index in [1.807, 2.05) is 6.07 Å². The van der Waals surface area contributed by atoms with Gasteiger partial charge in [0.15, 0.2) is 0 Å². The summed E-state index contributed by atoms with van der Waals surface area (Å²) in [6.45, 7) is 1.40. The standard InChI is InChI=1S/C17H18ClNO4/c18-13-5-3-12(4-6-13)14(20)10-17(21)19-7-9-23-16(11-19)15-2-1-8-22-15/h1-6,8,14,16,20H,7,9-11H2. The minimum absolute atomic E-state index is 0.0342. The number of furan rings is 1. The highest BCUT2D eigenvalue weighted by Gasteiger charge is 2.28. The van der Waals surface area contributed by atoms with Crippen LogP contribution in [0.1, 0.15) is 30.0 Å². The Hall–Kier alpha value is -1.82. The Kier molecular flexibility index (Phi) is 5.00. The summed E-state index contributed by atoms with van der Waals surface area (Å²) in [5.74, 6) is 0.605. The molecule has 2 atom stereocenters. The molecule has 23 heavy (non-hydrogen) atoms. The molecule has 0 bridgehead atoms. The van der Waals surface area contributed by atoms with Gasteiger partial charge in [0.2, 0.25) is 5.91 Å². The number of nitrogens with zero attached hydrogens (tertiary/aromatic N) is 1. The molecule has 2 unspecified atom stereocenters. The number of hydrogen-bond acceptors (Lipinski definition) is 4. The van der Waals surface area contributed by atoms with Crippen LogP contribution in [0.5, 0.6) is 0 Å². The summed E-state index contributed by atoms with van der Waals surface area (Å²) in [4.78, 5) is 14.1. The quantitative estimate of drug-likeness (QED) is 0.933. The molecule has 3 rings (SSSR count). The molecule has 1 aromatic heterocycles. The monoisotopic (exact) mass is 335 g/mol. The van der Waals surface area contributed by atoms with Gasteiger partial charge in [-0.25, -0.2) is 0 Å². The van der Waals surface area contributed by atoms with Crippen molar-refractivity contribution >= 4 is 17.5 Å². The molecule has 2 heterocycles. The normalized spacial score (nSPS) is 19.6. The second kappa shape index (κ2) is 7.17. The van der Waals surface area contributed by atoms with Crippen molar-refractivity contribution in [2.45, 2.75) is 18.6 Å². The highest BCUT2D eigenvalue weighted by Crippen LogP contribution is 2.25. The van der Waals surface area contributed by atoms with Gasteiger partial charge in [-0.1, -0.05) is 23.7 Å². The van der Waals surface area contributed by atoms with Crippen molar-refractivity contribution in [2.24, 2.45) is 0 Å².